The molecule has 1 aliphatic heterocycles. The number of nitrogens with one attached hydrogen (secondary N) is 1. The molecule has 1 atom stereocenters. The average Bonchev–Trinajstić information content (AvgIpc) is 3.18. The highest BCUT2D eigenvalue weighted by atomic mass is 16.5. The second-order valence-corrected chi connectivity index (χ2v) is 7.04. The molecule has 0 spiro atoms. The summed E-state index contributed by atoms with van der Waals surface area (Å²) in [5.74, 6) is 0.861. The number of fused-ring (bicyclic) bond motifs is 1. The normalized spacial score (nSPS) is 16.9. The summed E-state index contributed by atoms with van der Waals surface area (Å²) in [6, 6.07) is 16.2. The van der Waals surface area contributed by atoms with Crippen LogP contribution in [0.3, 0.4) is 0 Å². The lowest BCUT2D eigenvalue weighted by atomic mass is 9.97. The molecule has 6 heteroatoms. The molecule has 1 aliphatic rings. The molecule has 2 aromatic carbocycles. The van der Waals surface area contributed by atoms with Gasteiger partial charge >= 0.3 is 0 Å². The number of piperidine rings is 1. The highest BCUT2D eigenvalue weighted by molar-refractivity contribution is 5.79. The van der Waals surface area contributed by atoms with Crippen molar-refractivity contribution in [3.63, 3.8) is 0 Å². The van der Waals surface area contributed by atoms with Gasteiger partial charge in [-0.2, -0.15) is 4.98 Å². The number of carbonyl (C=O) groups excluding carboxylic acids is 1. The van der Waals surface area contributed by atoms with Crippen molar-refractivity contribution in [3.8, 4) is 5.75 Å². The lowest BCUT2D eigenvalue weighted by molar-refractivity contribution is -0.125. The lowest BCUT2D eigenvalue weighted by Crippen LogP contribution is -2.43. The monoisotopic (exact) mass is 379 g/mol. The molecule has 1 saturated heterocycles. The molecule has 0 bridgehead atoms. The van der Waals surface area contributed by atoms with Gasteiger partial charge in [-0.1, -0.05) is 24.3 Å². The van der Waals surface area contributed by atoms with Crippen LogP contribution in [-0.2, 0) is 11.3 Å². The molecule has 1 fully saturated rings. The van der Waals surface area contributed by atoms with E-state index in [1.54, 1.807) is 0 Å². The average molecular weight is 379 g/mol. The Labute approximate surface area is 164 Å². The van der Waals surface area contributed by atoms with Gasteiger partial charge in [-0.25, -0.2) is 0 Å². The van der Waals surface area contributed by atoms with Crippen molar-refractivity contribution < 1.29 is 13.9 Å². The van der Waals surface area contributed by atoms with Gasteiger partial charge in [-0.05, 0) is 49.6 Å². The highest BCUT2D eigenvalue weighted by Crippen LogP contribution is 2.26. The molecule has 1 amide bonds. The zero-order valence-corrected chi connectivity index (χ0v) is 16.1. The van der Waals surface area contributed by atoms with E-state index in [1.165, 1.54) is 0 Å². The van der Waals surface area contributed by atoms with Crippen LogP contribution in [0.5, 0.6) is 5.75 Å². The molecule has 0 unspecified atom stereocenters. The molecule has 28 heavy (non-hydrogen) atoms. The van der Waals surface area contributed by atoms with Crippen molar-refractivity contribution in [3.05, 3.63) is 54.1 Å². The lowest BCUT2D eigenvalue weighted by Gasteiger charge is -2.30. The SMILES string of the molecule is CCOc1ccc(CNC(=O)[C@H]2CCCN(c3nc4ccccc4o3)C2)cc1. The maximum Gasteiger partial charge on any atom is 0.298 e. The smallest absolute Gasteiger partial charge is 0.298 e. The fraction of sp³-hybridized carbons (Fsp3) is 0.364. The number of hydrogen-bond acceptors (Lipinski definition) is 5. The van der Waals surface area contributed by atoms with Gasteiger partial charge in [-0.15, -0.1) is 0 Å². The van der Waals surface area contributed by atoms with Gasteiger partial charge < -0.3 is 19.4 Å². The second-order valence-electron chi connectivity index (χ2n) is 7.04. The van der Waals surface area contributed by atoms with Crippen LogP contribution in [0.4, 0.5) is 6.01 Å². The van der Waals surface area contributed by atoms with E-state index in [1.807, 2.05) is 55.5 Å². The molecular weight excluding hydrogens is 354 g/mol. The van der Waals surface area contributed by atoms with Gasteiger partial charge in [0.05, 0.1) is 12.5 Å². The largest absolute Gasteiger partial charge is 0.494 e. The summed E-state index contributed by atoms with van der Waals surface area (Å²) in [6.07, 6.45) is 1.83. The maximum absolute atomic E-state index is 12.7. The van der Waals surface area contributed by atoms with Gasteiger partial charge in [0, 0.05) is 19.6 Å². The number of para-hydroxylation sites is 2. The molecule has 0 aliphatic carbocycles. The van der Waals surface area contributed by atoms with E-state index in [-0.39, 0.29) is 11.8 Å². The van der Waals surface area contributed by atoms with Gasteiger partial charge in [0.15, 0.2) is 5.58 Å². The number of anilines is 1. The molecular formula is C22H25N3O3. The Morgan fingerprint density at radius 1 is 1.25 bits per heavy atom. The molecule has 6 nitrogen and oxygen atoms in total. The standard InChI is InChI=1S/C22H25N3O3/c1-2-27-18-11-9-16(10-12-18)14-23-21(26)17-6-5-13-25(15-17)22-24-19-7-3-4-8-20(19)28-22/h3-4,7-12,17H,2,5-6,13-15H2,1H3,(H,23,26)/t17-/m0/s1. The van der Waals surface area contributed by atoms with E-state index < -0.39 is 0 Å². The van der Waals surface area contributed by atoms with Crippen molar-refractivity contribution in [1.82, 2.24) is 10.3 Å². The summed E-state index contributed by atoms with van der Waals surface area (Å²) in [7, 11) is 0. The fourth-order valence-electron chi connectivity index (χ4n) is 3.56. The Hall–Kier alpha value is -3.02. The Morgan fingerprint density at radius 2 is 2.07 bits per heavy atom. The number of carbonyl (C=O) groups is 1. The summed E-state index contributed by atoms with van der Waals surface area (Å²) in [4.78, 5) is 19.3. The predicted molar refractivity (Wildman–Crippen MR) is 108 cm³/mol. The Bertz CT molecular complexity index is 903. The van der Waals surface area contributed by atoms with Gasteiger partial charge in [-0.3, -0.25) is 4.79 Å². The van der Waals surface area contributed by atoms with Crippen LogP contribution in [0, 0.1) is 5.92 Å². The maximum atomic E-state index is 12.7. The van der Waals surface area contributed by atoms with Crippen molar-refractivity contribution in [2.75, 3.05) is 24.6 Å². The predicted octanol–water partition coefficient (Wildman–Crippen LogP) is 3.76. The molecule has 0 radical (unpaired) electrons. The van der Waals surface area contributed by atoms with Gasteiger partial charge in [0.2, 0.25) is 5.91 Å². The molecule has 146 valence electrons. The summed E-state index contributed by atoms with van der Waals surface area (Å²) in [5, 5.41) is 3.06. The first-order valence-electron chi connectivity index (χ1n) is 9.83. The molecule has 0 saturated carbocycles. The van der Waals surface area contributed by atoms with E-state index in [4.69, 9.17) is 9.15 Å². The molecule has 3 aromatic rings. The number of benzene rings is 2. The highest BCUT2D eigenvalue weighted by Gasteiger charge is 2.28. The molecule has 1 aromatic heterocycles. The van der Waals surface area contributed by atoms with Crippen LogP contribution in [0.15, 0.2) is 52.9 Å². The number of aromatic nitrogens is 1. The van der Waals surface area contributed by atoms with Crippen LogP contribution in [-0.4, -0.2) is 30.6 Å². The van der Waals surface area contributed by atoms with E-state index >= 15 is 0 Å². The third-order valence-corrected chi connectivity index (χ3v) is 5.05. The van der Waals surface area contributed by atoms with Crippen LogP contribution >= 0.6 is 0 Å². The Balaban J connectivity index is 1.35. The van der Waals surface area contributed by atoms with Gasteiger partial charge in [0.1, 0.15) is 11.3 Å². The second kappa shape index (κ2) is 8.33. The minimum atomic E-state index is -0.0635. The number of ether oxygens (including phenoxy) is 1. The molecule has 1 N–H and O–H groups in total. The first kappa shape index (κ1) is 18.3. The summed E-state index contributed by atoms with van der Waals surface area (Å²) >= 11 is 0. The van der Waals surface area contributed by atoms with Crippen LogP contribution in [0.25, 0.3) is 11.1 Å². The molecule has 4 rings (SSSR count). The summed E-state index contributed by atoms with van der Waals surface area (Å²) in [6.45, 7) is 4.61. The summed E-state index contributed by atoms with van der Waals surface area (Å²) in [5.41, 5.74) is 2.68. The molecule has 2 heterocycles. The van der Waals surface area contributed by atoms with Crippen molar-refractivity contribution in [1.29, 1.82) is 0 Å². The fourth-order valence-corrected chi connectivity index (χ4v) is 3.56. The van der Waals surface area contributed by atoms with Crippen LogP contribution in [0.2, 0.25) is 0 Å². The van der Waals surface area contributed by atoms with E-state index in [2.05, 4.69) is 15.2 Å². The number of amides is 1. The Morgan fingerprint density at radius 3 is 2.86 bits per heavy atom. The van der Waals surface area contributed by atoms with Crippen LogP contribution in [0.1, 0.15) is 25.3 Å². The van der Waals surface area contributed by atoms with Crippen molar-refractivity contribution >= 4 is 23.0 Å². The van der Waals surface area contributed by atoms with E-state index in [9.17, 15) is 4.79 Å². The first-order chi connectivity index (χ1) is 13.7. The zero-order chi connectivity index (χ0) is 19.3. The van der Waals surface area contributed by atoms with E-state index in [0.29, 0.717) is 25.7 Å². The van der Waals surface area contributed by atoms with E-state index in [0.717, 1.165) is 41.8 Å². The minimum absolute atomic E-state index is 0.0635. The van der Waals surface area contributed by atoms with Crippen LogP contribution < -0.4 is 15.0 Å². The zero-order valence-electron chi connectivity index (χ0n) is 16.1. The number of oxazole rings is 1. The Kier molecular flexibility index (Phi) is 5.46. The quantitative estimate of drug-likeness (QED) is 0.706. The first-order valence-corrected chi connectivity index (χ1v) is 9.83. The number of hydrogen-bond donors (Lipinski definition) is 1. The van der Waals surface area contributed by atoms with Crippen molar-refractivity contribution in [2.24, 2.45) is 5.92 Å². The van der Waals surface area contributed by atoms with Gasteiger partial charge in [0.25, 0.3) is 6.01 Å². The third kappa shape index (κ3) is 4.11. The third-order valence-electron chi connectivity index (χ3n) is 5.05. The summed E-state index contributed by atoms with van der Waals surface area (Å²) < 4.78 is 11.3. The topological polar surface area (TPSA) is 67.6 Å². The number of rotatable bonds is 6. The minimum Gasteiger partial charge on any atom is -0.494 e. The number of nitrogens with zero attached hydrogens (tertiary/aromatic N) is 2. The van der Waals surface area contributed by atoms with Crippen molar-refractivity contribution in [2.45, 2.75) is 26.3 Å².